The van der Waals surface area contributed by atoms with Crippen LogP contribution >= 0.6 is 0 Å². The molecule has 0 aromatic carbocycles. The first-order chi connectivity index (χ1) is 11.7. The lowest BCUT2D eigenvalue weighted by Crippen LogP contribution is -2.48. The minimum Gasteiger partial charge on any atom is -0.381 e. The van der Waals surface area contributed by atoms with E-state index in [0.29, 0.717) is 11.6 Å². The lowest BCUT2D eigenvalue weighted by atomic mass is 9.88. The van der Waals surface area contributed by atoms with E-state index in [1.54, 1.807) is 13.3 Å². The summed E-state index contributed by atoms with van der Waals surface area (Å²) in [5, 5.41) is 5.47. The van der Waals surface area contributed by atoms with E-state index < -0.39 is 0 Å². The molecule has 0 radical (unpaired) electrons. The van der Waals surface area contributed by atoms with Crippen molar-refractivity contribution in [3.05, 3.63) is 24.0 Å². The van der Waals surface area contributed by atoms with Gasteiger partial charge in [-0.25, -0.2) is 9.67 Å². The van der Waals surface area contributed by atoms with Crippen LogP contribution in [0.2, 0.25) is 0 Å². The second-order valence-corrected chi connectivity index (χ2v) is 7.06. The summed E-state index contributed by atoms with van der Waals surface area (Å²) < 4.78 is 7.34. The third-order valence-corrected chi connectivity index (χ3v) is 5.62. The van der Waals surface area contributed by atoms with Crippen molar-refractivity contribution in [2.24, 2.45) is 0 Å². The lowest BCUT2D eigenvalue weighted by Gasteiger charge is -2.40. The Morgan fingerprint density at radius 3 is 2.75 bits per heavy atom. The number of aromatic nitrogens is 3. The Morgan fingerprint density at radius 1 is 1.29 bits per heavy atom. The lowest BCUT2D eigenvalue weighted by molar-refractivity contribution is -0.0144. The SMILES string of the molecule is COC1CC(N(C)C(=O)c2cnc3c(cnn3C3CCCC3)c2)C1. The Hall–Kier alpha value is -1.95. The molecule has 4 rings (SSSR count). The fraction of sp³-hybridized carbons (Fsp3) is 0.611. The fourth-order valence-electron chi connectivity index (χ4n) is 3.89. The number of rotatable bonds is 4. The summed E-state index contributed by atoms with van der Waals surface area (Å²) in [5.74, 6) is 0.0255. The van der Waals surface area contributed by atoms with Crippen LogP contribution in [0.15, 0.2) is 18.5 Å². The molecule has 0 saturated heterocycles. The molecule has 0 aliphatic heterocycles. The van der Waals surface area contributed by atoms with Crippen molar-refractivity contribution in [2.45, 2.75) is 56.7 Å². The molecule has 6 nitrogen and oxygen atoms in total. The third-order valence-electron chi connectivity index (χ3n) is 5.62. The first-order valence-electron chi connectivity index (χ1n) is 8.80. The Morgan fingerprint density at radius 2 is 2.04 bits per heavy atom. The van der Waals surface area contributed by atoms with E-state index in [0.717, 1.165) is 23.9 Å². The first-order valence-corrected chi connectivity index (χ1v) is 8.80. The Balaban J connectivity index is 1.53. The van der Waals surface area contributed by atoms with Crippen molar-refractivity contribution in [2.75, 3.05) is 14.2 Å². The van der Waals surface area contributed by atoms with E-state index in [9.17, 15) is 4.79 Å². The van der Waals surface area contributed by atoms with E-state index in [-0.39, 0.29) is 18.1 Å². The van der Waals surface area contributed by atoms with Gasteiger partial charge in [-0.3, -0.25) is 4.79 Å². The minimum absolute atomic E-state index is 0.0255. The molecule has 2 aromatic heterocycles. The fourth-order valence-corrected chi connectivity index (χ4v) is 3.89. The van der Waals surface area contributed by atoms with Crippen LogP contribution in [-0.4, -0.2) is 51.9 Å². The summed E-state index contributed by atoms with van der Waals surface area (Å²) in [4.78, 5) is 19.1. The van der Waals surface area contributed by atoms with Gasteiger partial charge in [-0.15, -0.1) is 0 Å². The number of ether oxygens (including phenoxy) is 1. The van der Waals surface area contributed by atoms with Gasteiger partial charge >= 0.3 is 0 Å². The summed E-state index contributed by atoms with van der Waals surface area (Å²) in [6, 6.07) is 2.64. The molecular formula is C18H24N4O2. The molecule has 1 amide bonds. The molecule has 2 heterocycles. The smallest absolute Gasteiger partial charge is 0.255 e. The van der Waals surface area contributed by atoms with Gasteiger partial charge in [0.1, 0.15) is 0 Å². The van der Waals surface area contributed by atoms with E-state index in [4.69, 9.17) is 4.74 Å². The number of carbonyl (C=O) groups excluding carboxylic acids is 1. The highest BCUT2D eigenvalue weighted by Crippen LogP contribution is 2.31. The Kier molecular flexibility index (Phi) is 4.00. The minimum atomic E-state index is 0.0255. The molecule has 2 aliphatic rings. The normalized spacial score (nSPS) is 24.2. The number of amides is 1. The molecule has 2 aliphatic carbocycles. The van der Waals surface area contributed by atoms with E-state index in [1.807, 2.05) is 28.9 Å². The zero-order chi connectivity index (χ0) is 16.7. The van der Waals surface area contributed by atoms with Gasteiger partial charge in [0.05, 0.1) is 23.9 Å². The first kappa shape index (κ1) is 15.6. The number of fused-ring (bicyclic) bond motifs is 1. The van der Waals surface area contributed by atoms with E-state index in [1.165, 1.54) is 25.7 Å². The molecule has 24 heavy (non-hydrogen) atoms. The van der Waals surface area contributed by atoms with E-state index >= 15 is 0 Å². The van der Waals surface area contributed by atoms with Crippen molar-refractivity contribution in [1.29, 1.82) is 0 Å². The van der Waals surface area contributed by atoms with Gasteiger partial charge < -0.3 is 9.64 Å². The second kappa shape index (κ2) is 6.16. The Bertz CT molecular complexity index is 745. The second-order valence-electron chi connectivity index (χ2n) is 7.06. The predicted molar refractivity (Wildman–Crippen MR) is 90.9 cm³/mol. The van der Waals surface area contributed by atoms with Crippen molar-refractivity contribution in [3.8, 4) is 0 Å². The highest BCUT2D eigenvalue weighted by molar-refractivity contribution is 5.96. The highest BCUT2D eigenvalue weighted by Gasteiger charge is 2.34. The predicted octanol–water partition coefficient (Wildman–Crippen LogP) is 2.80. The molecule has 128 valence electrons. The third kappa shape index (κ3) is 2.59. The molecule has 0 bridgehead atoms. The van der Waals surface area contributed by atoms with Gasteiger partial charge in [0.15, 0.2) is 5.65 Å². The number of hydrogen-bond acceptors (Lipinski definition) is 4. The van der Waals surface area contributed by atoms with Crippen LogP contribution in [0.25, 0.3) is 11.0 Å². The van der Waals surface area contributed by atoms with Crippen LogP contribution in [0, 0.1) is 0 Å². The standard InChI is InChI=1S/C18H24N4O2/c1-21(15-8-16(9-15)24-2)18(23)13-7-12-11-20-22(17(12)19-10-13)14-5-3-4-6-14/h7,10-11,14-16H,3-6,8-9H2,1-2H3. The maximum absolute atomic E-state index is 12.7. The number of carbonyl (C=O) groups is 1. The number of nitrogens with zero attached hydrogens (tertiary/aromatic N) is 4. The van der Waals surface area contributed by atoms with Crippen LogP contribution in [0.5, 0.6) is 0 Å². The average Bonchev–Trinajstić information content (AvgIpc) is 3.21. The maximum atomic E-state index is 12.7. The summed E-state index contributed by atoms with van der Waals surface area (Å²) in [6.45, 7) is 0. The van der Waals surface area contributed by atoms with Gasteiger partial charge in [0, 0.05) is 31.8 Å². The van der Waals surface area contributed by atoms with Gasteiger partial charge in [-0.05, 0) is 31.7 Å². The molecular weight excluding hydrogens is 304 g/mol. The van der Waals surface area contributed by atoms with Gasteiger partial charge in [0.2, 0.25) is 0 Å². The summed E-state index contributed by atoms with van der Waals surface area (Å²) in [5.41, 5.74) is 1.53. The monoisotopic (exact) mass is 328 g/mol. The topological polar surface area (TPSA) is 60.2 Å². The maximum Gasteiger partial charge on any atom is 0.255 e. The molecule has 0 spiro atoms. The summed E-state index contributed by atoms with van der Waals surface area (Å²) in [7, 11) is 3.59. The van der Waals surface area contributed by atoms with Crippen molar-refractivity contribution in [1.82, 2.24) is 19.7 Å². The zero-order valence-electron chi connectivity index (χ0n) is 14.3. The molecule has 2 saturated carbocycles. The van der Waals surface area contributed by atoms with Crippen LogP contribution in [0.1, 0.15) is 54.9 Å². The molecule has 2 fully saturated rings. The van der Waals surface area contributed by atoms with Crippen LogP contribution in [0.4, 0.5) is 0 Å². The molecule has 0 unspecified atom stereocenters. The van der Waals surface area contributed by atoms with Gasteiger partial charge in [0.25, 0.3) is 5.91 Å². The quantitative estimate of drug-likeness (QED) is 0.866. The zero-order valence-corrected chi connectivity index (χ0v) is 14.3. The summed E-state index contributed by atoms with van der Waals surface area (Å²) >= 11 is 0. The van der Waals surface area contributed by atoms with E-state index in [2.05, 4.69) is 10.1 Å². The van der Waals surface area contributed by atoms with Crippen LogP contribution in [-0.2, 0) is 4.74 Å². The molecule has 0 atom stereocenters. The highest BCUT2D eigenvalue weighted by atomic mass is 16.5. The molecule has 6 heteroatoms. The Labute approximate surface area is 141 Å². The number of pyridine rings is 1. The average molecular weight is 328 g/mol. The molecule has 2 aromatic rings. The number of methoxy groups -OCH3 is 1. The van der Waals surface area contributed by atoms with Crippen molar-refractivity contribution < 1.29 is 9.53 Å². The summed E-state index contributed by atoms with van der Waals surface area (Å²) in [6.07, 6.45) is 10.5. The van der Waals surface area contributed by atoms with Gasteiger partial charge in [-0.2, -0.15) is 5.10 Å². The van der Waals surface area contributed by atoms with Gasteiger partial charge in [-0.1, -0.05) is 12.8 Å². The van der Waals surface area contributed by atoms with Crippen molar-refractivity contribution in [3.63, 3.8) is 0 Å². The largest absolute Gasteiger partial charge is 0.381 e. The van der Waals surface area contributed by atoms with Crippen molar-refractivity contribution >= 4 is 16.9 Å². The van der Waals surface area contributed by atoms with Crippen LogP contribution in [0.3, 0.4) is 0 Å². The van der Waals surface area contributed by atoms with Crippen LogP contribution < -0.4 is 0 Å². The molecule has 0 N–H and O–H groups in total. The number of hydrogen-bond donors (Lipinski definition) is 0.